The Morgan fingerprint density at radius 1 is 1.20 bits per heavy atom. The third-order valence-corrected chi connectivity index (χ3v) is 5.08. The van der Waals surface area contributed by atoms with Crippen molar-refractivity contribution in [1.29, 1.82) is 0 Å². The first-order chi connectivity index (χ1) is 12.0. The Labute approximate surface area is 148 Å². The number of benzene rings is 1. The molecule has 1 aromatic carbocycles. The molecule has 1 amide bonds. The number of halogens is 2. The van der Waals surface area contributed by atoms with Gasteiger partial charge in [0.15, 0.2) is 0 Å². The van der Waals surface area contributed by atoms with Gasteiger partial charge in [-0.3, -0.25) is 4.79 Å². The molecular formula is C18H18F2N2O2S. The number of carbonyl (C=O) groups is 1. The van der Waals surface area contributed by atoms with E-state index in [1.54, 1.807) is 29.2 Å². The van der Waals surface area contributed by atoms with Crippen LogP contribution in [-0.2, 0) is 0 Å². The predicted molar refractivity (Wildman–Crippen MR) is 92.1 cm³/mol. The summed E-state index contributed by atoms with van der Waals surface area (Å²) < 4.78 is 25.3. The topological polar surface area (TPSA) is 53.4 Å². The highest BCUT2D eigenvalue weighted by molar-refractivity contribution is 7.99. The summed E-state index contributed by atoms with van der Waals surface area (Å²) in [6, 6.07) is 10.3. The van der Waals surface area contributed by atoms with Crippen LogP contribution in [0.25, 0.3) is 0 Å². The molecule has 25 heavy (non-hydrogen) atoms. The number of amides is 1. The lowest BCUT2D eigenvalue weighted by Gasteiger charge is -2.32. The zero-order valence-corrected chi connectivity index (χ0v) is 14.3. The van der Waals surface area contributed by atoms with Gasteiger partial charge in [-0.2, -0.15) is 8.78 Å². The van der Waals surface area contributed by atoms with Crippen LogP contribution in [0.5, 0.6) is 5.75 Å². The number of pyridine rings is 1. The van der Waals surface area contributed by atoms with Crippen LogP contribution in [0.15, 0.2) is 47.6 Å². The lowest BCUT2D eigenvalue weighted by Crippen LogP contribution is -2.38. The van der Waals surface area contributed by atoms with Crippen molar-refractivity contribution in [2.24, 2.45) is 0 Å². The lowest BCUT2D eigenvalue weighted by atomic mass is 9.89. The number of alkyl halides is 2. The molecule has 1 aliphatic rings. The van der Waals surface area contributed by atoms with Gasteiger partial charge in [-0.05, 0) is 60.4 Å². The largest absolute Gasteiger partial charge is 0.508 e. The summed E-state index contributed by atoms with van der Waals surface area (Å²) in [6.45, 7) is 1.14. The van der Waals surface area contributed by atoms with E-state index in [1.807, 2.05) is 12.1 Å². The van der Waals surface area contributed by atoms with Crippen molar-refractivity contribution in [2.75, 3.05) is 13.1 Å². The maximum absolute atomic E-state index is 12.7. The predicted octanol–water partition coefficient (Wildman–Crippen LogP) is 4.12. The number of aromatic hydroxyl groups is 1. The Balaban J connectivity index is 1.67. The fourth-order valence-corrected chi connectivity index (χ4v) is 3.64. The van der Waals surface area contributed by atoms with Crippen molar-refractivity contribution in [2.45, 2.75) is 29.5 Å². The van der Waals surface area contributed by atoms with Gasteiger partial charge in [-0.15, -0.1) is 0 Å². The highest BCUT2D eigenvalue weighted by Crippen LogP contribution is 2.31. The minimum Gasteiger partial charge on any atom is -0.508 e. The van der Waals surface area contributed by atoms with E-state index in [0.717, 1.165) is 18.4 Å². The number of thioether (sulfide) groups is 1. The second kappa shape index (κ2) is 7.82. The molecule has 0 saturated carbocycles. The van der Waals surface area contributed by atoms with Gasteiger partial charge in [0.2, 0.25) is 0 Å². The van der Waals surface area contributed by atoms with Gasteiger partial charge in [-0.25, -0.2) is 4.98 Å². The summed E-state index contributed by atoms with van der Waals surface area (Å²) >= 11 is 0.301. The second-order valence-electron chi connectivity index (χ2n) is 5.89. The van der Waals surface area contributed by atoms with Crippen LogP contribution in [0, 0.1) is 0 Å². The molecule has 0 spiro atoms. The third-order valence-electron chi connectivity index (χ3n) is 4.35. The summed E-state index contributed by atoms with van der Waals surface area (Å²) in [6.07, 6.45) is 3.01. The molecule has 2 heterocycles. The van der Waals surface area contributed by atoms with E-state index in [1.165, 1.54) is 6.20 Å². The molecular weight excluding hydrogens is 346 g/mol. The first-order valence-electron chi connectivity index (χ1n) is 8.02. The number of hydrogen-bond donors (Lipinski definition) is 1. The van der Waals surface area contributed by atoms with Gasteiger partial charge in [-0.1, -0.05) is 12.1 Å². The SMILES string of the molecule is O=C(c1cccnc1SC(F)F)N1CCC(c2ccc(O)cc2)CC1. The molecule has 0 bridgehead atoms. The molecule has 7 heteroatoms. The van der Waals surface area contributed by atoms with Crippen LogP contribution < -0.4 is 0 Å². The van der Waals surface area contributed by atoms with E-state index in [-0.39, 0.29) is 22.2 Å². The molecule has 0 unspecified atom stereocenters. The summed E-state index contributed by atoms with van der Waals surface area (Å²) in [5.41, 5.74) is 1.37. The maximum atomic E-state index is 12.7. The fraction of sp³-hybridized carbons (Fsp3) is 0.333. The van der Waals surface area contributed by atoms with Crippen molar-refractivity contribution in [3.8, 4) is 5.75 Å². The normalized spacial score (nSPS) is 15.6. The van der Waals surface area contributed by atoms with E-state index < -0.39 is 5.76 Å². The Hall–Kier alpha value is -2.15. The van der Waals surface area contributed by atoms with E-state index in [0.29, 0.717) is 30.8 Å². The zero-order valence-electron chi connectivity index (χ0n) is 13.4. The van der Waals surface area contributed by atoms with Gasteiger partial charge in [0.05, 0.1) is 5.56 Å². The van der Waals surface area contributed by atoms with Gasteiger partial charge in [0, 0.05) is 19.3 Å². The minimum atomic E-state index is -2.61. The van der Waals surface area contributed by atoms with Crippen molar-refractivity contribution in [3.63, 3.8) is 0 Å². The van der Waals surface area contributed by atoms with Crippen molar-refractivity contribution in [3.05, 3.63) is 53.7 Å². The van der Waals surface area contributed by atoms with Gasteiger partial charge >= 0.3 is 0 Å². The lowest BCUT2D eigenvalue weighted by molar-refractivity contribution is 0.0708. The Morgan fingerprint density at radius 2 is 1.88 bits per heavy atom. The second-order valence-corrected chi connectivity index (χ2v) is 6.87. The molecule has 0 radical (unpaired) electrons. The van der Waals surface area contributed by atoms with E-state index in [4.69, 9.17) is 0 Å². The van der Waals surface area contributed by atoms with Crippen LogP contribution >= 0.6 is 11.8 Å². The van der Waals surface area contributed by atoms with E-state index in [9.17, 15) is 18.7 Å². The molecule has 132 valence electrons. The molecule has 1 aromatic heterocycles. The minimum absolute atomic E-state index is 0.0724. The van der Waals surface area contributed by atoms with E-state index in [2.05, 4.69) is 4.98 Å². The van der Waals surface area contributed by atoms with Crippen LogP contribution in [0.4, 0.5) is 8.78 Å². The number of phenols is 1. The van der Waals surface area contributed by atoms with Crippen LogP contribution in [0.3, 0.4) is 0 Å². The Morgan fingerprint density at radius 3 is 2.52 bits per heavy atom. The van der Waals surface area contributed by atoms with Gasteiger partial charge in [0.1, 0.15) is 10.8 Å². The Bertz CT molecular complexity index is 732. The van der Waals surface area contributed by atoms with Gasteiger partial charge in [0.25, 0.3) is 11.7 Å². The van der Waals surface area contributed by atoms with Crippen LogP contribution in [-0.4, -0.2) is 39.7 Å². The maximum Gasteiger partial charge on any atom is 0.290 e. The molecule has 2 aromatic rings. The molecule has 1 fully saturated rings. The highest BCUT2D eigenvalue weighted by atomic mass is 32.2. The molecule has 4 nitrogen and oxygen atoms in total. The van der Waals surface area contributed by atoms with Crippen molar-refractivity contribution >= 4 is 17.7 Å². The number of aromatic nitrogens is 1. The average Bonchev–Trinajstić information content (AvgIpc) is 2.62. The molecule has 1 aliphatic heterocycles. The first kappa shape index (κ1) is 17.7. The number of phenolic OH excluding ortho intramolecular Hbond substituents is 1. The smallest absolute Gasteiger partial charge is 0.290 e. The summed E-state index contributed by atoms with van der Waals surface area (Å²) in [5, 5.41) is 9.44. The fourth-order valence-electron chi connectivity index (χ4n) is 3.06. The monoisotopic (exact) mass is 364 g/mol. The zero-order chi connectivity index (χ0) is 17.8. The summed E-state index contributed by atoms with van der Waals surface area (Å²) in [5.74, 6) is -2.30. The molecule has 3 rings (SSSR count). The van der Waals surface area contributed by atoms with Crippen molar-refractivity contribution in [1.82, 2.24) is 9.88 Å². The van der Waals surface area contributed by atoms with Crippen molar-refractivity contribution < 1.29 is 18.7 Å². The molecule has 1 N–H and O–H groups in total. The number of rotatable bonds is 4. The number of piperidine rings is 1. The number of hydrogen-bond acceptors (Lipinski definition) is 4. The van der Waals surface area contributed by atoms with Crippen LogP contribution in [0.1, 0.15) is 34.7 Å². The summed E-state index contributed by atoms with van der Waals surface area (Å²) in [4.78, 5) is 18.3. The number of likely N-dealkylation sites (tertiary alicyclic amines) is 1. The number of nitrogens with zero attached hydrogens (tertiary/aromatic N) is 2. The summed E-state index contributed by atoms with van der Waals surface area (Å²) in [7, 11) is 0. The third kappa shape index (κ3) is 4.28. The van der Waals surface area contributed by atoms with E-state index >= 15 is 0 Å². The van der Waals surface area contributed by atoms with Gasteiger partial charge < -0.3 is 10.0 Å². The quantitative estimate of drug-likeness (QED) is 0.829. The molecule has 0 aliphatic carbocycles. The standard InChI is InChI=1S/C18H18F2N2O2S/c19-18(20)25-16-15(2-1-9-21-16)17(24)22-10-7-13(8-11-22)12-3-5-14(23)6-4-12/h1-6,9,13,18,23H,7-8,10-11H2. The van der Waals surface area contributed by atoms with Crippen LogP contribution in [0.2, 0.25) is 0 Å². The highest BCUT2D eigenvalue weighted by Gasteiger charge is 2.27. The molecule has 1 saturated heterocycles. The average molecular weight is 364 g/mol. The Kier molecular flexibility index (Phi) is 5.53. The number of carbonyl (C=O) groups excluding carboxylic acids is 1. The first-order valence-corrected chi connectivity index (χ1v) is 8.90. The molecule has 0 atom stereocenters.